The van der Waals surface area contributed by atoms with E-state index in [2.05, 4.69) is 26.1 Å². The fourth-order valence-electron chi connectivity index (χ4n) is 6.24. The van der Waals surface area contributed by atoms with Crippen molar-refractivity contribution in [2.24, 2.45) is 5.92 Å². The summed E-state index contributed by atoms with van der Waals surface area (Å²) in [5.74, 6) is -0.105. The van der Waals surface area contributed by atoms with Crippen molar-refractivity contribution in [2.45, 2.75) is 121 Å². The Morgan fingerprint density at radius 2 is 1.89 bits per heavy atom. The Balaban J connectivity index is 1.62. The number of rotatable bonds is 7. The van der Waals surface area contributed by atoms with E-state index in [1.54, 1.807) is 6.08 Å². The molecule has 1 amide bonds. The van der Waals surface area contributed by atoms with Gasteiger partial charge in [0.15, 0.2) is 0 Å². The molecule has 1 aromatic rings. The quantitative estimate of drug-likeness (QED) is 0.377. The number of fused-ring (bicyclic) bond motifs is 3. The smallest absolute Gasteiger partial charge is 0.411 e. The molecule has 2 aliphatic carbocycles. The van der Waals surface area contributed by atoms with Crippen LogP contribution in [0.5, 0.6) is 11.5 Å². The molecule has 3 aliphatic rings. The second-order valence-electron chi connectivity index (χ2n) is 12.2. The van der Waals surface area contributed by atoms with Crippen molar-refractivity contribution in [2.75, 3.05) is 0 Å². The van der Waals surface area contributed by atoms with E-state index in [-0.39, 0.29) is 42.3 Å². The Labute approximate surface area is 212 Å². The summed E-state index contributed by atoms with van der Waals surface area (Å²) in [5, 5.41) is 13.5. The molecule has 36 heavy (non-hydrogen) atoms. The molecule has 1 aliphatic heterocycles. The number of alkyl halides is 3. The van der Waals surface area contributed by atoms with Gasteiger partial charge >= 0.3 is 6.18 Å². The molecule has 0 radical (unpaired) electrons. The minimum Gasteiger partial charge on any atom is -0.508 e. The van der Waals surface area contributed by atoms with Crippen LogP contribution in [0.2, 0.25) is 0 Å². The Hall–Kier alpha value is -2.18. The number of phenols is 1. The number of ether oxygens (including phenoxy) is 1. The first-order valence-electron chi connectivity index (χ1n) is 13.4. The first-order valence-corrected chi connectivity index (χ1v) is 13.4. The second-order valence-corrected chi connectivity index (χ2v) is 12.2. The van der Waals surface area contributed by atoms with E-state index in [4.69, 9.17) is 4.74 Å². The molecule has 1 saturated carbocycles. The topological polar surface area (TPSA) is 58.6 Å². The first-order chi connectivity index (χ1) is 16.7. The van der Waals surface area contributed by atoms with Gasteiger partial charge in [-0.05, 0) is 75.5 Å². The van der Waals surface area contributed by atoms with Crippen LogP contribution in [0, 0.1) is 5.92 Å². The molecule has 1 fully saturated rings. The van der Waals surface area contributed by atoms with Crippen LogP contribution < -0.4 is 10.1 Å². The number of allylic oxidation sites excluding steroid dienone is 1. The third-order valence-electron chi connectivity index (χ3n) is 8.88. The zero-order valence-corrected chi connectivity index (χ0v) is 22.1. The van der Waals surface area contributed by atoms with E-state index in [0.717, 1.165) is 31.2 Å². The molecule has 1 aromatic carbocycles. The molecule has 0 aromatic heterocycles. The third-order valence-corrected chi connectivity index (χ3v) is 8.88. The van der Waals surface area contributed by atoms with Crippen LogP contribution in [-0.4, -0.2) is 28.3 Å². The Bertz CT molecular complexity index is 1040. The van der Waals surface area contributed by atoms with Gasteiger partial charge in [0.1, 0.15) is 22.6 Å². The van der Waals surface area contributed by atoms with Gasteiger partial charge in [0.25, 0.3) is 0 Å². The van der Waals surface area contributed by atoms with Gasteiger partial charge in [-0.25, -0.2) is 0 Å². The lowest BCUT2D eigenvalue weighted by Crippen LogP contribution is -2.63. The van der Waals surface area contributed by atoms with Crippen LogP contribution in [-0.2, 0) is 10.2 Å². The lowest BCUT2D eigenvalue weighted by atomic mass is 9.66. The number of aromatic hydroxyl groups is 1. The van der Waals surface area contributed by atoms with Crippen LogP contribution in [0.15, 0.2) is 23.8 Å². The van der Waals surface area contributed by atoms with Crippen molar-refractivity contribution in [3.05, 3.63) is 34.9 Å². The van der Waals surface area contributed by atoms with Crippen LogP contribution >= 0.6 is 0 Å². The number of hydrogen-bond acceptors (Lipinski definition) is 3. The molecule has 0 unspecified atom stereocenters. The highest BCUT2D eigenvalue weighted by atomic mass is 19.4. The summed E-state index contributed by atoms with van der Waals surface area (Å²) in [7, 11) is 0. The maximum Gasteiger partial charge on any atom is 0.411 e. The number of nitrogens with one attached hydrogen (secondary N) is 1. The molecular formula is C29H40F3NO3. The summed E-state index contributed by atoms with van der Waals surface area (Å²) in [5.41, 5.74) is -0.772. The zero-order valence-electron chi connectivity index (χ0n) is 22.1. The lowest BCUT2D eigenvalue weighted by molar-refractivity contribution is -0.218. The number of benzene rings is 1. The molecule has 200 valence electrons. The van der Waals surface area contributed by atoms with E-state index < -0.39 is 23.2 Å². The van der Waals surface area contributed by atoms with Crippen LogP contribution in [0.3, 0.4) is 0 Å². The second kappa shape index (κ2) is 9.29. The van der Waals surface area contributed by atoms with E-state index in [9.17, 15) is 23.1 Å². The number of carbonyl (C=O) groups is 1. The Kier molecular flexibility index (Phi) is 6.93. The summed E-state index contributed by atoms with van der Waals surface area (Å²) in [6.07, 6.45) is 2.74. The number of phenolic OH excluding ortho intramolecular Hbond substituents is 1. The van der Waals surface area contributed by atoms with E-state index in [0.29, 0.717) is 29.7 Å². The average Bonchev–Trinajstić information content (AvgIpc) is 2.74. The van der Waals surface area contributed by atoms with Gasteiger partial charge in [0, 0.05) is 23.0 Å². The normalized spacial score (nSPS) is 24.5. The van der Waals surface area contributed by atoms with E-state index in [1.165, 1.54) is 0 Å². The highest BCUT2D eigenvalue weighted by molar-refractivity contribution is 5.94. The molecule has 2 N–H and O–H groups in total. The van der Waals surface area contributed by atoms with Gasteiger partial charge in [-0.15, -0.1) is 0 Å². The van der Waals surface area contributed by atoms with Crippen molar-refractivity contribution in [3.63, 3.8) is 0 Å². The highest BCUT2D eigenvalue weighted by Gasteiger charge is 2.59. The minimum absolute atomic E-state index is 0.00357. The van der Waals surface area contributed by atoms with Crippen molar-refractivity contribution in [3.8, 4) is 11.5 Å². The number of hydrogen-bond donors (Lipinski definition) is 2. The molecule has 2 atom stereocenters. The molecule has 0 spiro atoms. The molecule has 4 nitrogen and oxygen atoms in total. The summed E-state index contributed by atoms with van der Waals surface area (Å²) < 4.78 is 47.4. The van der Waals surface area contributed by atoms with Gasteiger partial charge in [0.05, 0.1) is 0 Å². The van der Waals surface area contributed by atoms with Crippen molar-refractivity contribution in [1.29, 1.82) is 0 Å². The van der Waals surface area contributed by atoms with Crippen LogP contribution in [0.1, 0.15) is 109 Å². The van der Waals surface area contributed by atoms with Gasteiger partial charge in [-0.1, -0.05) is 46.1 Å². The Morgan fingerprint density at radius 1 is 1.19 bits per heavy atom. The molecule has 0 bridgehead atoms. The molecular weight excluding hydrogens is 467 g/mol. The summed E-state index contributed by atoms with van der Waals surface area (Å²) in [4.78, 5) is 13.0. The number of halogens is 3. The Morgan fingerprint density at radius 3 is 2.47 bits per heavy atom. The van der Waals surface area contributed by atoms with Gasteiger partial charge in [-0.3, -0.25) is 4.79 Å². The first kappa shape index (κ1) is 26.9. The fourth-order valence-corrected chi connectivity index (χ4v) is 6.24. The largest absolute Gasteiger partial charge is 0.508 e. The third kappa shape index (κ3) is 4.74. The maximum absolute atomic E-state index is 13.7. The molecule has 0 saturated heterocycles. The lowest BCUT2D eigenvalue weighted by Gasteiger charge is -2.48. The fraction of sp³-hybridized carbons (Fsp3) is 0.690. The molecule has 7 heteroatoms. The van der Waals surface area contributed by atoms with Gasteiger partial charge < -0.3 is 15.2 Å². The summed E-state index contributed by atoms with van der Waals surface area (Å²) in [6.45, 7) is 10.5. The summed E-state index contributed by atoms with van der Waals surface area (Å²) >= 11 is 0. The summed E-state index contributed by atoms with van der Waals surface area (Å²) in [6, 6.07) is 3.83. The minimum atomic E-state index is -4.47. The molecule has 1 heterocycles. The number of amides is 1. The number of unbranched alkanes of at least 4 members (excludes halogenated alkanes) is 2. The van der Waals surface area contributed by atoms with Crippen molar-refractivity contribution >= 4 is 5.91 Å². The predicted octanol–water partition coefficient (Wildman–Crippen LogP) is 7.44. The van der Waals surface area contributed by atoms with E-state index in [1.807, 2.05) is 26.0 Å². The molecule has 4 rings (SSSR count). The van der Waals surface area contributed by atoms with Gasteiger partial charge in [-0.2, -0.15) is 13.2 Å². The predicted molar refractivity (Wildman–Crippen MR) is 134 cm³/mol. The van der Waals surface area contributed by atoms with E-state index >= 15 is 0 Å². The maximum atomic E-state index is 13.7. The average molecular weight is 508 g/mol. The number of carbonyl (C=O) groups excluding carboxylic acids is 1. The van der Waals surface area contributed by atoms with Crippen LogP contribution in [0.4, 0.5) is 13.2 Å². The van der Waals surface area contributed by atoms with Crippen molar-refractivity contribution in [1.82, 2.24) is 5.32 Å². The van der Waals surface area contributed by atoms with Gasteiger partial charge in [0.2, 0.25) is 5.91 Å². The van der Waals surface area contributed by atoms with Crippen LogP contribution in [0.25, 0.3) is 0 Å². The van der Waals surface area contributed by atoms with Crippen molar-refractivity contribution < 1.29 is 27.8 Å². The standard InChI is InChI=1S/C29H40F3NO3/c1-6-7-8-12-26(2,3)19-16-22(34)24-20-15-18(10-11-21(20)27(4,5)36-23(24)17-19)25(35)33-28(13-9-14-28)29(30,31)32/h10,16-17,20-21,34H,6-9,11-15H2,1-5H3,(H,33,35)/t20-,21-/m1/s1. The zero-order chi connectivity index (χ0) is 26.5. The SMILES string of the molecule is CCCCCC(C)(C)c1cc(O)c2c(c1)OC(C)(C)[C@@H]1CC=C(C(=O)NC3(C(F)(F)F)CCC3)C[C@@H]21. The highest BCUT2D eigenvalue weighted by Crippen LogP contribution is 2.55. The monoisotopic (exact) mass is 507 g/mol.